The summed E-state index contributed by atoms with van der Waals surface area (Å²) in [6.45, 7) is 6.51. The van der Waals surface area contributed by atoms with Crippen molar-refractivity contribution in [1.29, 1.82) is 0 Å². The number of hydrogen-bond acceptors (Lipinski definition) is 6. The van der Waals surface area contributed by atoms with Gasteiger partial charge in [0.05, 0.1) is 37.3 Å². The van der Waals surface area contributed by atoms with Crippen LogP contribution < -0.4 is 0 Å². The zero-order valence-electron chi connectivity index (χ0n) is 17.0. The highest BCUT2D eigenvalue weighted by Gasteiger charge is 2.33. The van der Waals surface area contributed by atoms with Crippen LogP contribution in [0.15, 0.2) is 24.3 Å². The lowest BCUT2D eigenvalue weighted by atomic mass is 10.0. The minimum atomic E-state index is -0.209. The third kappa shape index (κ3) is 3.85. The van der Waals surface area contributed by atoms with Crippen molar-refractivity contribution in [2.24, 2.45) is 0 Å². The normalized spacial score (nSPS) is 22.9. The lowest BCUT2D eigenvalue weighted by Gasteiger charge is -2.37. The Morgan fingerprint density at radius 2 is 1.80 bits per heavy atom. The molecule has 3 saturated heterocycles. The summed E-state index contributed by atoms with van der Waals surface area (Å²) in [5.41, 5.74) is 0.980. The van der Waals surface area contributed by atoms with Gasteiger partial charge in [-0.3, -0.25) is 14.5 Å². The second kappa shape index (κ2) is 8.63. The highest BCUT2D eigenvalue weighted by atomic mass is 32.1. The zero-order valence-corrected chi connectivity index (χ0v) is 17.9. The van der Waals surface area contributed by atoms with Crippen LogP contribution in [0.25, 0.3) is 10.1 Å². The third-order valence-corrected chi connectivity index (χ3v) is 7.34. The molecule has 0 spiro atoms. The number of carbonyl (C=O) groups excluding carboxylic acids is 2. The Balaban J connectivity index is 1.42. The molecular formula is C22H27N3O4S. The Hall–Kier alpha value is -2.00. The predicted molar refractivity (Wildman–Crippen MR) is 115 cm³/mol. The van der Waals surface area contributed by atoms with E-state index in [9.17, 15) is 9.59 Å². The van der Waals surface area contributed by atoms with E-state index < -0.39 is 0 Å². The fourth-order valence-corrected chi connectivity index (χ4v) is 5.55. The van der Waals surface area contributed by atoms with Gasteiger partial charge in [0.2, 0.25) is 5.91 Å². The van der Waals surface area contributed by atoms with E-state index in [1.807, 2.05) is 21.9 Å². The van der Waals surface area contributed by atoms with Crippen molar-refractivity contribution in [3.8, 4) is 0 Å². The number of morpholine rings is 2. The summed E-state index contributed by atoms with van der Waals surface area (Å²) in [4.78, 5) is 32.6. The van der Waals surface area contributed by atoms with E-state index in [2.05, 4.69) is 17.0 Å². The molecule has 3 aliphatic rings. The van der Waals surface area contributed by atoms with Crippen LogP contribution in [0.3, 0.4) is 0 Å². The Bertz CT molecular complexity index is 936. The molecule has 8 heteroatoms. The molecule has 30 heavy (non-hydrogen) atoms. The molecule has 1 aromatic carbocycles. The maximum Gasteiger partial charge on any atom is 0.264 e. The summed E-state index contributed by atoms with van der Waals surface area (Å²) in [5, 5.41) is 1.08. The molecule has 1 atom stereocenters. The van der Waals surface area contributed by atoms with Gasteiger partial charge in [0.25, 0.3) is 5.91 Å². The van der Waals surface area contributed by atoms with Crippen LogP contribution in [0.2, 0.25) is 0 Å². The van der Waals surface area contributed by atoms with E-state index in [4.69, 9.17) is 9.47 Å². The second-order valence-corrected chi connectivity index (χ2v) is 9.13. The first-order valence-corrected chi connectivity index (χ1v) is 11.5. The molecule has 1 aromatic heterocycles. The fraction of sp³-hybridized carbons (Fsp3) is 0.545. The highest BCUT2D eigenvalue weighted by Crippen LogP contribution is 2.39. The van der Waals surface area contributed by atoms with E-state index in [1.54, 1.807) is 11.3 Å². The molecule has 160 valence electrons. The third-order valence-electron chi connectivity index (χ3n) is 6.17. The summed E-state index contributed by atoms with van der Waals surface area (Å²) in [5.74, 6) is 0.258. The number of thiophene rings is 1. The van der Waals surface area contributed by atoms with Gasteiger partial charge in [-0.05, 0) is 17.9 Å². The summed E-state index contributed by atoms with van der Waals surface area (Å²) in [6, 6.07) is 8.15. The first kappa shape index (κ1) is 19.9. The number of amides is 2. The Morgan fingerprint density at radius 3 is 2.57 bits per heavy atom. The minimum absolute atomic E-state index is 0.0619. The molecule has 3 fully saturated rings. The number of fused-ring (bicyclic) bond motifs is 1. The van der Waals surface area contributed by atoms with Gasteiger partial charge >= 0.3 is 0 Å². The van der Waals surface area contributed by atoms with E-state index in [0.717, 1.165) is 46.6 Å². The molecule has 2 amide bonds. The maximum atomic E-state index is 13.4. The summed E-state index contributed by atoms with van der Waals surface area (Å²) >= 11 is 1.55. The summed E-state index contributed by atoms with van der Waals surface area (Å²) < 4.78 is 12.7. The smallest absolute Gasteiger partial charge is 0.264 e. The highest BCUT2D eigenvalue weighted by molar-refractivity contribution is 7.21. The Morgan fingerprint density at radius 1 is 1.00 bits per heavy atom. The summed E-state index contributed by atoms with van der Waals surface area (Å²) in [6.07, 6.45) is 0.893. The van der Waals surface area contributed by atoms with Crippen LogP contribution in [0.4, 0.5) is 0 Å². The van der Waals surface area contributed by atoms with Gasteiger partial charge in [-0.15, -0.1) is 11.3 Å². The van der Waals surface area contributed by atoms with Crippen LogP contribution in [-0.2, 0) is 14.3 Å². The Kier molecular flexibility index (Phi) is 5.73. The van der Waals surface area contributed by atoms with Crippen molar-refractivity contribution in [2.75, 3.05) is 65.6 Å². The lowest BCUT2D eigenvalue weighted by molar-refractivity contribution is -0.137. The molecule has 4 heterocycles. The number of rotatable bonds is 4. The van der Waals surface area contributed by atoms with E-state index in [0.29, 0.717) is 46.0 Å². The standard InChI is InChI=1S/C22H27N3O4S/c26-19(24-6-3-7-24)15-23-8-13-29-17(14-23)20-16-4-1-2-5-18(16)30-21(20)22(27)25-9-11-28-12-10-25/h1-2,4-5,17H,3,6-15H2/t17-/m1/s1. The van der Waals surface area contributed by atoms with Gasteiger partial charge in [-0.25, -0.2) is 0 Å². The number of nitrogens with zero attached hydrogens (tertiary/aromatic N) is 3. The number of ether oxygens (including phenoxy) is 2. The largest absolute Gasteiger partial charge is 0.378 e. The maximum absolute atomic E-state index is 13.4. The fourth-order valence-electron chi connectivity index (χ4n) is 4.33. The molecular weight excluding hydrogens is 402 g/mol. The molecule has 0 radical (unpaired) electrons. The average Bonchev–Trinajstić information content (AvgIpc) is 3.12. The van der Waals surface area contributed by atoms with Crippen molar-refractivity contribution < 1.29 is 19.1 Å². The molecule has 0 aliphatic carbocycles. The second-order valence-electron chi connectivity index (χ2n) is 8.07. The topological polar surface area (TPSA) is 62.3 Å². The molecule has 0 N–H and O–H groups in total. The van der Waals surface area contributed by atoms with Crippen molar-refractivity contribution in [3.05, 3.63) is 34.7 Å². The molecule has 0 unspecified atom stereocenters. The van der Waals surface area contributed by atoms with Gasteiger partial charge < -0.3 is 19.3 Å². The van der Waals surface area contributed by atoms with Crippen LogP contribution in [0, 0.1) is 0 Å². The van der Waals surface area contributed by atoms with Gasteiger partial charge in [0.15, 0.2) is 0 Å². The molecule has 2 aromatic rings. The number of hydrogen-bond donors (Lipinski definition) is 0. The predicted octanol–water partition coefficient (Wildman–Crippen LogP) is 1.98. The molecule has 3 aliphatic heterocycles. The van der Waals surface area contributed by atoms with Crippen LogP contribution in [-0.4, -0.2) is 92.1 Å². The van der Waals surface area contributed by atoms with Gasteiger partial charge in [-0.1, -0.05) is 18.2 Å². The first-order chi connectivity index (χ1) is 14.7. The van der Waals surface area contributed by atoms with E-state index >= 15 is 0 Å². The van der Waals surface area contributed by atoms with Gasteiger partial charge in [0.1, 0.15) is 0 Å². The molecule has 5 rings (SSSR count). The summed E-state index contributed by atoms with van der Waals surface area (Å²) in [7, 11) is 0. The van der Waals surface area contributed by atoms with Crippen LogP contribution in [0.5, 0.6) is 0 Å². The van der Waals surface area contributed by atoms with Crippen LogP contribution in [0.1, 0.15) is 27.8 Å². The molecule has 0 saturated carbocycles. The average molecular weight is 430 g/mol. The van der Waals surface area contributed by atoms with E-state index in [1.165, 1.54) is 0 Å². The van der Waals surface area contributed by atoms with E-state index in [-0.39, 0.29) is 17.9 Å². The molecule has 7 nitrogen and oxygen atoms in total. The zero-order chi connectivity index (χ0) is 20.5. The number of carbonyl (C=O) groups is 2. The molecule has 0 bridgehead atoms. The number of benzene rings is 1. The quantitative estimate of drug-likeness (QED) is 0.744. The lowest BCUT2D eigenvalue weighted by Crippen LogP contribution is -2.49. The minimum Gasteiger partial charge on any atom is -0.378 e. The Labute approximate surface area is 180 Å². The van der Waals surface area contributed by atoms with Gasteiger partial charge in [0, 0.05) is 49.5 Å². The van der Waals surface area contributed by atoms with Gasteiger partial charge in [-0.2, -0.15) is 0 Å². The van der Waals surface area contributed by atoms with Crippen LogP contribution >= 0.6 is 11.3 Å². The first-order valence-electron chi connectivity index (χ1n) is 10.7. The SMILES string of the molecule is O=C(CN1CCO[C@@H](c2c(C(=O)N3CCOCC3)sc3ccccc23)C1)N1CCC1. The van der Waals surface area contributed by atoms with Crippen molar-refractivity contribution in [1.82, 2.24) is 14.7 Å². The van der Waals surface area contributed by atoms with Crippen molar-refractivity contribution in [2.45, 2.75) is 12.5 Å². The number of likely N-dealkylation sites (tertiary alicyclic amines) is 1. The monoisotopic (exact) mass is 429 g/mol. The van der Waals surface area contributed by atoms with Crippen molar-refractivity contribution >= 4 is 33.2 Å². The van der Waals surface area contributed by atoms with Crippen molar-refractivity contribution in [3.63, 3.8) is 0 Å².